The van der Waals surface area contributed by atoms with Gasteiger partial charge in [-0.15, -0.1) is 0 Å². The van der Waals surface area contributed by atoms with Gasteiger partial charge in [0, 0.05) is 12.6 Å². The molecule has 0 radical (unpaired) electrons. The Morgan fingerprint density at radius 3 is 2.38 bits per heavy atom. The first-order valence-corrected chi connectivity index (χ1v) is 7.50. The predicted molar refractivity (Wildman–Crippen MR) is 75.5 cm³/mol. The number of nitrogens with two attached hydrogens (primary N) is 1. The third-order valence-corrected chi connectivity index (χ3v) is 4.54. The molecule has 1 aliphatic heterocycles. The molecule has 2 unspecified atom stereocenters. The Labute approximate surface area is 124 Å². The van der Waals surface area contributed by atoms with E-state index < -0.39 is 17.9 Å². The molecule has 0 bridgehead atoms. The minimum atomic E-state index is -0.987. The summed E-state index contributed by atoms with van der Waals surface area (Å²) in [7, 11) is 0. The van der Waals surface area contributed by atoms with Crippen molar-refractivity contribution in [3.63, 3.8) is 0 Å². The highest BCUT2D eigenvalue weighted by Crippen LogP contribution is 2.29. The van der Waals surface area contributed by atoms with Gasteiger partial charge in [-0.3, -0.25) is 4.79 Å². The number of hydrogen-bond donors (Lipinski definition) is 2. The normalized spacial score (nSPS) is 26.0. The van der Waals surface area contributed by atoms with Crippen molar-refractivity contribution in [1.29, 1.82) is 0 Å². The summed E-state index contributed by atoms with van der Waals surface area (Å²) < 4.78 is 0. The molecule has 2 aliphatic rings. The van der Waals surface area contributed by atoms with Crippen LogP contribution in [-0.4, -0.2) is 58.0 Å². The average molecular weight is 297 g/mol. The third-order valence-electron chi connectivity index (χ3n) is 4.54. The van der Waals surface area contributed by atoms with Crippen LogP contribution in [0.2, 0.25) is 0 Å². The van der Waals surface area contributed by atoms with Crippen LogP contribution in [0.4, 0.5) is 4.79 Å². The van der Waals surface area contributed by atoms with E-state index in [1.54, 1.807) is 0 Å². The number of hydrogen-bond acceptors (Lipinski definition) is 3. The number of carbonyl (C=O) groups excluding carboxylic acids is 2. The minimum absolute atomic E-state index is 0.00430. The van der Waals surface area contributed by atoms with Crippen molar-refractivity contribution in [2.24, 2.45) is 11.7 Å². The molecule has 1 saturated heterocycles. The maximum Gasteiger partial charge on any atom is 0.326 e. The number of carboxylic acid groups (broad SMARTS) is 1. The van der Waals surface area contributed by atoms with Gasteiger partial charge in [0.25, 0.3) is 0 Å². The fraction of sp³-hybridized carbons (Fsp3) is 0.786. The van der Waals surface area contributed by atoms with E-state index in [1.165, 1.54) is 9.80 Å². The van der Waals surface area contributed by atoms with Crippen LogP contribution in [0.15, 0.2) is 0 Å². The molecule has 1 saturated carbocycles. The van der Waals surface area contributed by atoms with Crippen LogP contribution in [0.25, 0.3) is 0 Å². The molecule has 3 N–H and O–H groups in total. The average Bonchev–Trinajstić information content (AvgIpc) is 3.03. The van der Waals surface area contributed by atoms with Gasteiger partial charge in [0.15, 0.2) is 0 Å². The molecule has 7 nitrogen and oxygen atoms in total. The highest BCUT2D eigenvalue weighted by Gasteiger charge is 2.42. The van der Waals surface area contributed by atoms with Crippen LogP contribution in [0.5, 0.6) is 0 Å². The van der Waals surface area contributed by atoms with Crippen molar-refractivity contribution in [2.45, 2.75) is 51.1 Å². The summed E-state index contributed by atoms with van der Waals surface area (Å²) in [5, 5.41) is 9.33. The fourth-order valence-electron chi connectivity index (χ4n) is 3.44. The van der Waals surface area contributed by atoms with Crippen LogP contribution < -0.4 is 5.73 Å². The topological polar surface area (TPSA) is 104 Å². The van der Waals surface area contributed by atoms with Crippen LogP contribution in [-0.2, 0) is 9.59 Å². The zero-order chi connectivity index (χ0) is 15.6. The van der Waals surface area contributed by atoms with Crippen LogP contribution in [0.1, 0.15) is 39.0 Å². The second-order valence-corrected chi connectivity index (χ2v) is 6.06. The molecule has 1 heterocycles. The Kier molecular flexibility index (Phi) is 4.69. The number of urea groups is 1. The number of primary amides is 1. The quantitative estimate of drug-likeness (QED) is 0.794. The van der Waals surface area contributed by atoms with Crippen molar-refractivity contribution in [3.8, 4) is 0 Å². The molecule has 2 rings (SSSR count). The van der Waals surface area contributed by atoms with E-state index >= 15 is 0 Å². The standard InChI is InChI=1S/C14H23N3O4/c1-9-6-7-16(12(9)13(19)20)14(21)17(8-11(15)18)10-4-2-3-5-10/h9-10,12H,2-8H2,1H3,(H2,15,18)(H,19,20). The lowest BCUT2D eigenvalue weighted by Gasteiger charge is -2.34. The summed E-state index contributed by atoms with van der Waals surface area (Å²) in [4.78, 5) is 38.2. The first kappa shape index (κ1) is 15.6. The van der Waals surface area contributed by atoms with Crippen molar-refractivity contribution in [1.82, 2.24) is 9.80 Å². The highest BCUT2D eigenvalue weighted by atomic mass is 16.4. The molecule has 7 heteroatoms. The Bertz CT molecular complexity index is 434. The molecule has 1 aliphatic carbocycles. The molecular formula is C14H23N3O4. The van der Waals surface area contributed by atoms with Gasteiger partial charge in [0.05, 0.1) is 0 Å². The van der Waals surface area contributed by atoms with Gasteiger partial charge in [-0.1, -0.05) is 19.8 Å². The Hall–Kier alpha value is -1.79. The number of likely N-dealkylation sites (tertiary alicyclic amines) is 1. The SMILES string of the molecule is CC1CCN(C(=O)N(CC(N)=O)C2CCCC2)C1C(=O)O. The largest absolute Gasteiger partial charge is 0.480 e. The van der Waals surface area contributed by atoms with Gasteiger partial charge in [-0.05, 0) is 25.2 Å². The molecule has 0 aromatic heterocycles. The molecule has 0 aromatic rings. The molecule has 2 atom stereocenters. The van der Waals surface area contributed by atoms with Crippen molar-refractivity contribution in [2.75, 3.05) is 13.1 Å². The van der Waals surface area contributed by atoms with Crippen molar-refractivity contribution < 1.29 is 19.5 Å². The summed E-state index contributed by atoms with van der Waals surface area (Å²) in [6.45, 7) is 2.11. The van der Waals surface area contributed by atoms with Crippen molar-refractivity contribution >= 4 is 17.9 Å². The van der Waals surface area contributed by atoms with E-state index in [-0.39, 0.29) is 24.5 Å². The van der Waals surface area contributed by atoms with E-state index in [1.807, 2.05) is 6.92 Å². The van der Waals surface area contributed by atoms with E-state index in [4.69, 9.17) is 5.73 Å². The number of aliphatic carboxylic acids is 1. The summed E-state index contributed by atoms with van der Waals surface area (Å²) in [5.74, 6) is -1.63. The first-order valence-electron chi connectivity index (χ1n) is 7.50. The first-order chi connectivity index (χ1) is 9.91. The summed E-state index contributed by atoms with van der Waals surface area (Å²) in [6, 6.07) is -1.18. The number of rotatable bonds is 4. The maximum atomic E-state index is 12.7. The molecule has 3 amide bonds. The van der Waals surface area contributed by atoms with E-state index in [0.29, 0.717) is 13.0 Å². The molecule has 118 valence electrons. The summed E-state index contributed by atoms with van der Waals surface area (Å²) in [6.07, 6.45) is 4.40. The van der Waals surface area contributed by atoms with Crippen LogP contribution >= 0.6 is 0 Å². The predicted octanol–water partition coefficient (Wildman–Crippen LogP) is 0.631. The zero-order valence-corrected chi connectivity index (χ0v) is 12.3. The van der Waals surface area contributed by atoms with E-state index in [0.717, 1.165) is 25.7 Å². The lowest BCUT2D eigenvalue weighted by molar-refractivity contribution is -0.142. The van der Waals surface area contributed by atoms with Gasteiger partial charge in [0.1, 0.15) is 12.6 Å². The second kappa shape index (κ2) is 6.32. The molecule has 21 heavy (non-hydrogen) atoms. The monoisotopic (exact) mass is 297 g/mol. The Balaban J connectivity index is 2.16. The lowest BCUT2D eigenvalue weighted by atomic mass is 10.0. The van der Waals surface area contributed by atoms with Gasteiger partial charge in [-0.25, -0.2) is 9.59 Å². The highest BCUT2D eigenvalue weighted by molar-refractivity contribution is 5.87. The molecule has 2 fully saturated rings. The molecule has 0 aromatic carbocycles. The molecular weight excluding hydrogens is 274 g/mol. The summed E-state index contributed by atoms with van der Waals surface area (Å²) >= 11 is 0. The van der Waals surface area contributed by atoms with Crippen LogP contribution in [0.3, 0.4) is 0 Å². The Morgan fingerprint density at radius 1 is 1.24 bits per heavy atom. The number of carbonyl (C=O) groups is 3. The lowest BCUT2D eigenvalue weighted by Crippen LogP contribution is -2.53. The van der Waals surface area contributed by atoms with Crippen molar-refractivity contribution in [3.05, 3.63) is 0 Å². The van der Waals surface area contributed by atoms with Gasteiger partial charge in [0.2, 0.25) is 5.91 Å². The van der Waals surface area contributed by atoms with Gasteiger partial charge < -0.3 is 20.6 Å². The van der Waals surface area contributed by atoms with Gasteiger partial charge >= 0.3 is 12.0 Å². The summed E-state index contributed by atoms with van der Waals surface area (Å²) in [5.41, 5.74) is 5.25. The van der Waals surface area contributed by atoms with Gasteiger partial charge in [-0.2, -0.15) is 0 Å². The number of amides is 3. The number of carboxylic acids is 1. The third kappa shape index (κ3) is 3.28. The second-order valence-electron chi connectivity index (χ2n) is 6.06. The minimum Gasteiger partial charge on any atom is -0.480 e. The van der Waals surface area contributed by atoms with E-state index in [2.05, 4.69) is 0 Å². The maximum absolute atomic E-state index is 12.7. The number of nitrogens with zero attached hydrogens (tertiary/aromatic N) is 2. The zero-order valence-electron chi connectivity index (χ0n) is 12.3. The smallest absolute Gasteiger partial charge is 0.326 e. The van der Waals surface area contributed by atoms with Crippen LogP contribution in [0, 0.1) is 5.92 Å². The molecule has 0 spiro atoms. The fourth-order valence-corrected chi connectivity index (χ4v) is 3.44. The van der Waals surface area contributed by atoms with E-state index in [9.17, 15) is 19.5 Å². The Morgan fingerprint density at radius 2 is 1.86 bits per heavy atom.